The molecule has 20 heavy (non-hydrogen) atoms. The molecule has 0 radical (unpaired) electrons. The van der Waals surface area contributed by atoms with E-state index in [9.17, 15) is 5.11 Å². The second-order valence-electron chi connectivity index (χ2n) is 4.81. The molecule has 6 nitrogen and oxygen atoms in total. The summed E-state index contributed by atoms with van der Waals surface area (Å²) in [4.78, 5) is 2.12. The fourth-order valence-electron chi connectivity index (χ4n) is 2.16. The van der Waals surface area contributed by atoms with Crippen LogP contribution in [-0.2, 0) is 13.2 Å². The minimum absolute atomic E-state index is 0.113. The first-order chi connectivity index (χ1) is 9.65. The summed E-state index contributed by atoms with van der Waals surface area (Å²) in [5, 5.41) is 17.0. The van der Waals surface area contributed by atoms with Crippen LogP contribution in [0.2, 0.25) is 0 Å². The largest absolute Gasteiger partial charge is 0.497 e. The van der Waals surface area contributed by atoms with Gasteiger partial charge >= 0.3 is 0 Å². The Kier molecular flexibility index (Phi) is 4.70. The molecule has 0 aliphatic heterocycles. The van der Waals surface area contributed by atoms with Crippen LogP contribution in [0.1, 0.15) is 17.4 Å². The van der Waals surface area contributed by atoms with Gasteiger partial charge in [0, 0.05) is 6.54 Å². The van der Waals surface area contributed by atoms with Crippen LogP contribution in [-0.4, -0.2) is 46.0 Å². The van der Waals surface area contributed by atoms with Gasteiger partial charge in [0.15, 0.2) is 5.82 Å². The first-order valence-corrected chi connectivity index (χ1v) is 6.43. The third-order valence-electron chi connectivity index (χ3n) is 3.31. The number of hydrogen-bond acceptors (Lipinski definition) is 5. The Morgan fingerprint density at radius 2 is 2.20 bits per heavy atom. The quantitative estimate of drug-likeness (QED) is 0.855. The van der Waals surface area contributed by atoms with Crippen molar-refractivity contribution >= 4 is 0 Å². The number of rotatable bonds is 6. The molecule has 0 fully saturated rings. The zero-order valence-corrected chi connectivity index (χ0v) is 12.0. The van der Waals surface area contributed by atoms with Crippen LogP contribution in [0.15, 0.2) is 30.6 Å². The van der Waals surface area contributed by atoms with Crippen LogP contribution in [0, 0.1) is 0 Å². The van der Waals surface area contributed by atoms with Crippen LogP contribution in [0.4, 0.5) is 0 Å². The molecule has 1 unspecified atom stereocenters. The lowest BCUT2D eigenvalue weighted by atomic mass is 10.1. The van der Waals surface area contributed by atoms with Crippen LogP contribution < -0.4 is 4.74 Å². The van der Waals surface area contributed by atoms with Gasteiger partial charge in [0.05, 0.1) is 13.2 Å². The molecule has 6 heteroatoms. The van der Waals surface area contributed by atoms with E-state index in [2.05, 4.69) is 21.2 Å². The van der Waals surface area contributed by atoms with Crippen molar-refractivity contribution in [2.75, 3.05) is 21.2 Å². The fourth-order valence-corrected chi connectivity index (χ4v) is 2.16. The van der Waals surface area contributed by atoms with Gasteiger partial charge in [-0.25, -0.2) is 0 Å². The van der Waals surface area contributed by atoms with E-state index in [1.165, 1.54) is 0 Å². The zero-order chi connectivity index (χ0) is 14.5. The molecule has 1 atom stereocenters. The SMILES string of the molecule is COc1cccc(C(Cn2cnnc2CO)N(C)C)c1. The number of hydrogen-bond donors (Lipinski definition) is 1. The standard InChI is InChI=1S/C14H20N4O2/c1-17(2)13(8-18-10-15-16-14(18)9-19)11-5-4-6-12(7-11)20-3/h4-7,10,13,19H,8-9H2,1-3H3. The molecular formula is C14H20N4O2. The summed E-state index contributed by atoms with van der Waals surface area (Å²) in [5.41, 5.74) is 1.15. The maximum absolute atomic E-state index is 9.25. The molecule has 0 amide bonds. The van der Waals surface area contributed by atoms with Crippen molar-refractivity contribution in [3.05, 3.63) is 42.0 Å². The molecule has 0 aliphatic rings. The first-order valence-electron chi connectivity index (χ1n) is 6.43. The Morgan fingerprint density at radius 1 is 1.40 bits per heavy atom. The number of aromatic nitrogens is 3. The molecule has 108 valence electrons. The topological polar surface area (TPSA) is 63.4 Å². The second kappa shape index (κ2) is 6.49. The third kappa shape index (κ3) is 3.15. The highest BCUT2D eigenvalue weighted by Crippen LogP contribution is 2.24. The van der Waals surface area contributed by atoms with Crippen molar-refractivity contribution in [3.8, 4) is 5.75 Å². The molecular weight excluding hydrogens is 256 g/mol. The summed E-state index contributed by atoms with van der Waals surface area (Å²) in [6.45, 7) is 0.557. The predicted octanol–water partition coefficient (Wildman–Crippen LogP) is 1.08. The molecule has 0 saturated heterocycles. The smallest absolute Gasteiger partial charge is 0.158 e. The highest BCUT2D eigenvalue weighted by Gasteiger charge is 2.17. The summed E-state index contributed by atoms with van der Waals surface area (Å²) in [6, 6.07) is 8.13. The lowest BCUT2D eigenvalue weighted by Gasteiger charge is -2.25. The van der Waals surface area contributed by atoms with E-state index in [1.807, 2.05) is 36.9 Å². The van der Waals surface area contributed by atoms with Crippen LogP contribution >= 0.6 is 0 Å². The monoisotopic (exact) mass is 276 g/mol. The molecule has 1 N–H and O–H groups in total. The maximum atomic E-state index is 9.25. The molecule has 0 spiro atoms. The number of ether oxygens (including phenoxy) is 1. The highest BCUT2D eigenvalue weighted by molar-refractivity contribution is 5.30. The highest BCUT2D eigenvalue weighted by atomic mass is 16.5. The Balaban J connectivity index is 2.27. The number of benzene rings is 1. The molecule has 2 rings (SSSR count). The van der Waals surface area contributed by atoms with Gasteiger partial charge in [-0.15, -0.1) is 10.2 Å². The average molecular weight is 276 g/mol. The van der Waals surface area contributed by atoms with E-state index in [-0.39, 0.29) is 12.6 Å². The van der Waals surface area contributed by atoms with E-state index in [0.717, 1.165) is 11.3 Å². The Labute approximate surface area is 118 Å². The van der Waals surface area contributed by atoms with Crippen molar-refractivity contribution in [1.29, 1.82) is 0 Å². The van der Waals surface area contributed by atoms with E-state index >= 15 is 0 Å². The zero-order valence-electron chi connectivity index (χ0n) is 12.0. The van der Waals surface area contributed by atoms with E-state index in [4.69, 9.17) is 4.74 Å². The third-order valence-corrected chi connectivity index (χ3v) is 3.31. The van der Waals surface area contributed by atoms with Crippen molar-refractivity contribution in [3.63, 3.8) is 0 Å². The number of nitrogens with zero attached hydrogens (tertiary/aromatic N) is 4. The van der Waals surface area contributed by atoms with Gasteiger partial charge in [-0.3, -0.25) is 0 Å². The first kappa shape index (κ1) is 14.5. The lowest BCUT2D eigenvalue weighted by Crippen LogP contribution is -2.25. The minimum Gasteiger partial charge on any atom is -0.497 e. The lowest BCUT2D eigenvalue weighted by molar-refractivity contribution is 0.241. The van der Waals surface area contributed by atoms with Crippen molar-refractivity contribution in [2.45, 2.75) is 19.2 Å². The van der Waals surface area contributed by atoms with Gasteiger partial charge in [-0.2, -0.15) is 0 Å². The van der Waals surface area contributed by atoms with Gasteiger partial charge in [0.25, 0.3) is 0 Å². The van der Waals surface area contributed by atoms with Crippen LogP contribution in [0.25, 0.3) is 0 Å². The number of likely N-dealkylation sites (N-methyl/N-ethyl adjacent to an activating group) is 1. The predicted molar refractivity (Wildman–Crippen MR) is 75.4 cm³/mol. The van der Waals surface area contributed by atoms with Crippen molar-refractivity contribution < 1.29 is 9.84 Å². The summed E-state index contributed by atoms with van der Waals surface area (Å²) >= 11 is 0. The molecule has 0 aliphatic carbocycles. The van der Waals surface area contributed by atoms with Gasteiger partial charge < -0.3 is 19.3 Å². The average Bonchev–Trinajstić information content (AvgIpc) is 2.91. The Morgan fingerprint density at radius 3 is 2.85 bits per heavy atom. The normalized spacial score (nSPS) is 12.7. The van der Waals surface area contributed by atoms with Crippen LogP contribution in [0.3, 0.4) is 0 Å². The van der Waals surface area contributed by atoms with Gasteiger partial charge in [0.1, 0.15) is 18.7 Å². The summed E-state index contributed by atoms with van der Waals surface area (Å²) in [5.74, 6) is 1.40. The second-order valence-corrected chi connectivity index (χ2v) is 4.81. The fraction of sp³-hybridized carbons (Fsp3) is 0.429. The molecule has 1 heterocycles. The number of methoxy groups -OCH3 is 1. The van der Waals surface area contributed by atoms with Gasteiger partial charge in [-0.05, 0) is 31.8 Å². The Hall–Kier alpha value is -1.92. The minimum atomic E-state index is -0.113. The summed E-state index contributed by atoms with van der Waals surface area (Å²) in [6.07, 6.45) is 1.64. The summed E-state index contributed by atoms with van der Waals surface area (Å²) in [7, 11) is 5.70. The van der Waals surface area contributed by atoms with E-state index in [0.29, 0.717) is 12.4 Å². The number of aliphatic hydroxyl groups excluding tert-OH is 1. The molecule has 0 bridgehead atoms. The molecule has 1 aromatic heterocycles. The summed E-state index contributed by atoms with van der Waals surface area (Å²) < 4.78 is 7.14. The van der Waals surface area contributed by atoms with Gasteiger partial charge in [0.2, 0.25) is 0 Å². The maximum Gasteiger partial charge on any atom is 0.158 e. The van der Waals surface area contributed by atoms with E-state index < -0.39 is 0 Å². The molecule has 1 aromatic carbocycles. The number of aliphatic hydroxyl groups is 1. The van der Waals surface area contributed by atoms with E-state index in [1.54, 1.807) is 13.4 Å². The molecule has 2 aromatic rings. The van der Waals surface area contributed by atoms with Crippen molar-refractivity contribution in [2.24, 2.45) is 0 Å². The Bertz CT molecular complexity index is 554. The molecule has 0 saturated carbocycles. The van der Waals surface area contributed by atoms with Crippen LogP contribution in [0.5, 0.6) is 5.75 Å². The van der Waals surface area contributed by atoms with Crippen molar-refractivity contribution in [1.82, 2.24) is 19.7 Å². The van der Waals surface area contributed by atoms with Gasteiger partial charge in [-0.1, -0.05) is 12.1 Å².